The maximum atomic E-state index is 12.9. The lowest BCUT2D eigenvalue weighted by atomic mass is 9.93. The van der Waals surface area contributed by atoms with E-state index in [2.05, 4.69) is 4.72 Å². The largest absolute Gasteiger partial charge is 0.496 e. The van der Waals surface area contributed by atoms with Gasteiger partial charge in [0.05, 0.1) is 12.0 Å². The van der Waals surface area contributed by atoms with Gasteiger partial charge >= 0.3 is 5.97 Å². The molecule has 2 N–H and O–H groups in total. The number of aliphatic carboxylic acids is 1. The highest BCUT2D eigenvalue weighted by molar-refractivity contribution is 7.89. The normalized spacial score (nSPS) is 12.3. The van der Waals surface area contributed by atoms with E-state index in [4.69, 9.17) is 21.4 Å². The predicted octanol–water partition coefficient (Wildman–Crippen LogP) is 4.94. The molecule has 0 aliphatic rings. The molecule has 3 rings (SSSR count). The topological polar surface area (TPSA) is 92.7 Å². The number of hydrogen-bond donors (Lipinski definition) is 2. The second-order valence-corrected chi connectivity index (χ2v) is 9.46. The van der Waals surface area contributed by atoms with Gasteiger partial charge in [0.1, 0.15) is 5.75 Å². The minimum absolute atomic E-state index is 0.0505. The number of halogens is 1. The summed E-state index contributed by atoms with van der Waals surface area (Å²) in [7, 11) is -2.26. The number of methoxy groups -OCH3 is 1. The van der Waals surface area contributed by atoms with E-state index in [1.165, 1.54) is 7.11 Å². The average molecular weight is 474 g/mol. The smallest absolute Gasteiger partial charge is 0.303 e. The van der Waals surface area contributed by atoms with Crippen molar-refractivity contribution in [3.63, 3.8) is 0 Å². The van der Waals surface area contributed by atoms with Crippen molar-refractivity contribution < 1.29 is 23.1 Å². The van der Waals surface area contributed by atoms with Crippen LogP contribution in [0.5, 0.6) is 5.75 Å². The molecule has 0 heterocycles. The zero-order valence-electron chi connectivity index (χ0n) is 17.5. The molecular weight excluding hydrogens is 450 g/mol. The van der Waals surface area contributed by atoms with Gasteiger partial charge in [0.2, 0.25) is 10.0 Å². The molecule has 0 aliphatic carbocycles. The first-order valence-corrected chi connectivity index (χ1v) is 11.9. The van der Waals surface area contributed by atoms with Crippen molar-refractivity contribution >= 4 is 27.6 Å². The fraction of sp³-hybridized carbons (Fsp3) is 0.208. The molecule has 0 radical (unpaired) electrons. The Bertz CT molecular complexity index is 1160. The lowest BCUT2D eigenvalue weighted by Crippen LogP contribution is -2.29. The highest BCUT2D eigenvalue weighted by Crippen LogP contribution is 2.30. The first-order valence-electron chi connectivity index (χ1n) is 10.0. The number of para-hydroxylation sites is 1. The number of ether oxygens (including phenoxy) is 1. The Morgan fingerprint density at radius 1 is 1.00 bits per heavy atom. The molecule has 0 fully saturated rings. The van der Waals surface area contributed by atoms with E-state index in [1.807, 2.05) is 30.3 Å². The second kappa shape index (κ2) is 10.6. The van der Waals surface area contributed by atoms with Crippen LogP contribution in [0.4, 0.5) is 0 Å². The van der Waals surface area contributed by atoms with Crippen LogP contribution in [0.25, 0.3) is 11.1 Å². The molecular formula is C24H24ClNO5S. The lowest BCUT2D eigenvalue weighted by Gasteiger charge is -2.20. The molecule has 8 heteroatoms. The van der Waals surface area contributed by atoms with Gasteiger partial charge in [-0.25, -0.2) is 13.1 Å². The molecule has 0 aliphatic heterocycles. The van der Waals surface area contributed by atoms with Gasteiger partial charge in [-0.2, -0.15) is 0 Å². The molecule has 0 amide bonds. The number of carbonyl (C=O) groups is 1. The zero-order valence-corrected chi connectivity index (χ0v) is 19.1. The van der Waals surface area contributed by atoms with Gasteiger partial charge in [0.15, 0.2) is 0 Å². The highest BCUT2D eigenvalue weighted by Gasteiger charge is 2.21. The van der Waals surface area contributed by atoms with Crippen molar-refractivity contribution in [1.82, 2.24) is 4.72 Å². The minimum Gasteiger partial charge on any atom is -0.496 e. The Morgan fingerprint density at radius 3 is 2.19 bits per heavy atom. The third-order valence-corrected chi connectivity index (χ3v) is 6.84. The third-order valence-electron chi connectivity index (χ3n) is 5.15. The molecule has 32 heavy (non-hydrogen) atoms. The summed E-state index contributed by atoms with van der Waals surface area (Å²) in [6.07, 6.45) is 0.188. The van der Waals surface area contributed by atoms with Crippen LogP contribution in [0.2, 0.25) is 5.02 Å². The van der Waals surface area contributed by atoms with E-state index in [0.717, 1.165) is 16.7 Å². The fourth-order valence-corrected chi connectivity index (χ4v) is 4.64. The maximum absolute atomic E-state index is 12.9. The van der Waals surface area contributed by atoms with Gasteiger partial charge in [0, 0.05) is 23.9 Å². The summed E-state index contributed by atoms with van der Waals surface area (Å²) < 4.78 is 33.8. The van der Waals surface area contributed by atoms with Crippen LogP contribution >= 0.6 is 11.6 Å². The number of carboxylic acids is 1. The molecule has 0 bridgehead atoms. The number of nitrogens with one attached hydrogen (secondary N) is 1. The molecule has 3 aromatic rings. The molecule has 0 spiro atoms. The van der Waals surface area contributed by atoms with E-state index >= 15 is 0 Å². The summed E-state index contributed by atoms with van der Waals surface area (Å²) in [5.74, 6) is -0.703. The van der Waals surface area contributed by atoms with E-state index < -0.39 is 16.0 Å². The van der Waals surface area contributed by atoms with E-state index in [1.54, 1.807) is 42.5 Å². The second-order valence-electron chi connectivity index (χ2n) is 7.25. The Morgan fingerprint density at radius 2 is 1.59 bits per heavy atom. The van der Waals surface area contributed by atoms with Gasteiger partial charge in [-0.1, -0.05) is 54.1 Å². The fourth-order valence-electron chi connectivity index (χ4n) is 3.43. The molecule has 3 aromatic carbocycles. The van der Waals surface area contributed by atoms with Gasteiger partial charge in [0.25, 0.3) is 0 Å². The standard InChI is InChI=1S/C24H24ClNO5S/c1-31-23-5-3-2-4-22(23)19(10-15-24(27)28)16-26-32(29,30)21-13-8-18(9-14-21)17-6-11-20(25)12-7-17/h2-9,11-14,19,26H,10,15-16H2,1H3,(H,27,28). The maximum Gasteiger partial charge on any atom is 0.303 e. The van der Waals surface area contributed by atoms with Crippen LogP contribution in [0, 0.1) is 0 Å². The van der Waals surface area contributed by atoms with Gasteiger partial charge in [-0.15, -0.1) is 0 Å². The van der Waals surface area contributed by atoms with Crippen LogP contribution < -0.4 is 9.46 Å². The quantitative estimate of drug-likeness (QED) is 0.435. The summed E-state index contributed by atoms with van der Waals surface area (Å²) in [5, 5.41) is 9.73. The zero-order chi connectivity index (χ0) is 23.1. The molecule has 1 atom stereocenters. The van der Waals surface area contributed by atoms with Crippen molar-refractivity contribution in [1.29, 1.82) is 0 Å². The number of hydrogen-bond acceptors (Lipinski definition) is 4. The van der Waals surface area contributed by atoms with Crippen LogP contribution in [0.15, 0.2) is 77.7 Å². The van der Waals surface area contributed by atoms with Crippen LogP contribution in [0.3, 0.4) is 0 Å². The molecule has 0 aromatic heterocycles. The van der Waals surface area contributed by atoms with E-state index in [9.17, 15) is 13.2 Å². The number of rotatable bonds is 10. The van der Waals surface area contributed by atoms with Crippen LogP contribution in [-0.4, -0.2) is 33.1 Å². The molecule has 6 nitrogen and oxygen atoms in total. The molecule has 0 saturated carbocycles. The number of sulfonamides is 1. The van der Waals surface area contributed by atoms with Crippen molar-refractivity contribution in [3.8, 4) is 16.9 Å². The van der Waals surface area contributed by atoms with Crippen LogP contribution in [0.1, 0.15) is 24.3 Å². The van der Waals surface area contributed by atoms with Crippen molar-refractivity contribution in [3.05, 3.63) is 83.4 Å². The Kier molecular flexibility index (Phi) is 7.90. The number of carboxylic acid groups (broad SMARTS) is 1. The first-order chi connectivity index (χ1) is 15.3. The summed E-state index contributed by atoms with van der Waals surface area (Å²) in [6, 6.07) is 21.1. The highest BCUT2D eigenvalue weighted by atomic mass is 35.5. The van der Waals surface area contributed by atoms with Crippen molar-refractivity contribution in [2.75, 3.05) is 13.7 Å². The lowest BCUT2D eigenvalue weighted by molar-refractivity contribution is -0.137. The number of benzene rings is 3. The van der Waals surface area contributed by atoms with Crippen LogP contribution in [-0.2, 0) is 14.8 Å². The summed E-state index contributed by atoms with van der Waals surface area (Å²) in [5.41, 5.74) is 2.56. The molecule has 0 saturated heterocycles. The monoisotopic (exact) mass is 473 g/mol. The summed E-state index contributed by atoms with van der Waals surface area (Å²) >= 11 is 5.92. The van der Waals surface area contributed by atoms with Gasteiger partial charge in [-0.05, 0) is 53.4 Å². The van der Waals surface area contributed by atoms with Crippen molar-refractivity contribution in [2.45, 2.75) is 23.7 Å². The predicted molar refractivity (Wildman–Crippen MR) is 125 cm³/mol. The minimum atomic E-state index is -3.79. The molecule has 168 valence electrons. The Labute approximate surface area is 192 Å². The summed E-state index contributed by atoms with van der Waals surface area (Å²) in [4.78, 5) is 11.2. The summed E-state index contributed by atoms with van der Waals surface area (Å²) in [6.45, 7) is 0.0505. The Balaban J connectivity index is 1.77. The van der Waals surface area contributed by atoms with E-state index in [0.29, 0.717) is 10.8 Å². The first kappa shape index (κ1) is 23.8. The van der Waals surface area contributed by atoms with Crippen molar-refractivity contribution in [2.24, 2.45) is 0 Å². The molecule has 1 unspecified atom stereocenters. The van der Waals surface area contributed by atoms with Gasteiger partial charge < -0.3 is 9.84 Å². The average Bonchev–Trinajstić information content (AvgIpc) is 2.79. The van der Waals surface area contributed by atoms with Gasteiger partial charge in [-0.3, -0.25) is 4.79 Å². The SMILES string of the molecule is COc1ccccc1C(CCC(=O)O)CNS(=O)(=O)c1ccc(-c2ccc(Cl)cc2)cc1. The Hall–Kier alpha value is -2.87. The van der Waals surface area contributed by atoms with E-state index in [-0.39, 0.29) is 30.2 Å². The third kappa shape index (κ3) is 6.09.